The van der Waals surface area contributed by atoms with Crippen LogP contribution in [0.2, 0.25) is 5.02 Å². The molecule has 1 aliphatic heterocycles. The molecule has 1 aromatic carbocycles. The molecule has 1 aromatic heterocycles. The zero-order chi connectivity index (χ0) is 25.5. The predicted octanol–water partition coefficient (Wildman–Crippen LogP) is 4.75. The van der Waals surface area contributed by atoms with Crippen molar-refractivity contribution in [3.63, 3.8) is 0 Å². The van der Waals surface area contributed by atoms with Crippen LogP contribution >= 0.6 is 11.6 Å². The van der Waals surface area contributed by atoms with Crippen molar-refractivity contribution in [2.75, 3.05) is 32.6 Å². The van der Waals surface area contributed by atoms with E-state index in [1.165, 1.54) is 32.1 Å². The van der Waals surface area contributed by atoms with E-state index < -0.39 is 0 Å². The van der Waals surface area contributed by atoms with E-state index in [9.17, 15) is 9.59 Å². The van der Waals surface area contributed by atoms with Gasteiger partial charge in [0.2, 0.25) is 5.88 Å². The standard InChI is InChI=1S/C19H22ClN3O3.C8H17N/c1-4-21-16-9-13(20)8-14(12(16)3)18(25)22-10-15-17(24)7-11(2)23-5-6-26-19(15)23;1-9(2)8-6-4-3-5-7-8/h7-9,21H,4-6,10H2,1-3H3,(H,22,25);8H,3-7H2,1-2H3. The fraction of sp³-hybridized carbons (Fsp3) is 0.556. The second kappa shape index (κ2) is 12.5. The van der Waals surface area contributed by atoms with Gasteiger partial charge in [0.25, 0.3) is 5.91 Å². The van der Waals surface area contributed by atoms with Crippen LogP contribution in [0.4, 0.5) is 5.69 Å². The molecule has 2 aromatic rings. The first kappa shape index (κ1) is 27.1. The lowest BCUT2D eigenvalue weighted by atomic mass is 9.95. The van der Waals surface area contributed by atoms with E-state index in [0.717, 1.165) is 29.5 Å². The molecule has 0 radical (unpaired) electrons. The van der Waals surface area contributed by atoms with Crippen molar-refractivity contribution in [1.82, 2.24) is 14.8 Å². The molecule has 0 spiro atoms. The lowest BCUT2D eigenvalue weighted by Gasteiger charge is -2.27. The van der Waals surface area contributed by atoms with Gasteiger partial charge in [0.1, 0.15) is 6.61 Å². The van der Waals surface area contributed by atoms with Crippen molar-refractivity contribution >= 4 is 23.2 Å². The maximum absolute atomic E-state index is 12.7. The normalized spacial score (nSPS) is 15.2. The summed E-state index contributed by atoms with van der Waals surface area (Å²) in [5, 5.41) is 6.50. The Morgan fingerprint density at radius 2 is 1.89 bits per heavy atom. The molecule has 1 amide bonds. The minimum atomic E-state index is -0.277. The van der Waals surface area contributed by atoms with Crippen LogP contribution in [-0.2, 0) is 13.1 Å². The molecular weight excluding hydrogens is 464 g/mol. The monoisotopic (exact) mass is 502 g/mol. The summed E-state index contributed by atoms with van der Waals surface area (Å²) in [6.45, 7) is 7.80. The summed E-state index contributed by atoms with van der Waals surface area (Å²) in [4.78, 5) is 27.4. The smallest absolute Gasteiger partial charge is 0.251 e. The number of nitrogens with zero attached hydrogens (tertiary/aromatic N) is 2. The topological polar surface area (TPSA) is 75.6 Å². The van der Waals surface area contributed by atoms with E-state index in [2.05, 4.69) is 29.6 Å². The van der Waals surface area contributed by atoms with Crippen molar-refractivity contribution < 1.29 is 9.53 Å². The molecule has 1 aliphatic carbocycles. The first-order valence-corrected chi connectivity index (χ1v) is 13.0. The SMILES string of the molecule is CCNc1cc(Cl)cc(C(=O)NCc2c3n(c(C)cc2=O)CCO3)c1C.CN(C)C1CCCCC1. The number of anilines is 1. The Balaban J connectivity index is 0.000000320. The predicted molar refractivity (Wildman–Crippen MR) is 143 cm³/mol. The third kappa shape index (κ3) is 6.79. The van der Waals surface area contributed by atoms with Gasteiger partial charge in [0.05, 0.1) is 18.7 Å². The first-order valence-electron chi connectivity index (χ1n) is 12.6. The molecule has 0 unspecified atom stereocenters. The Labute approximate surface area is 213 Å². The van der Waals surface area contributed by atoms with Gasteiger partial charge in [-0.25, -0.2) is 0 Å². The minimum absolute atomic E-state index is 0.107. The molecule has 7 nitrogen and oxygen atoms in total. The Bertz CT molecular complexity index is 1090. The van der Waals surface area contributed by atoms with Gasteiger partial charge in [-0.15, -0.1) is 0 Å². The summed E-state index contributed by atoms with van der Waals surface area (Å²) in [7, 11) is 4.38. The highest BCUT2D eigenvalue weighted by atomic mass is 35.5. The number of aryl methyl sites for hydroxylation is 1. The Kier molecular flexibility index (Phi) is 9.63. The number of hydrogen-bond acceptors (Lipinski definition) is 5. The van der Waals surface area contributed by atoms with Gasteiger partial charge >= 0.3 is 0 Å². The number of rotatable bonds is 6. The van der Waals surface area contributed by atoms with Crippen molar-refractivity contribution in [1.29, 1.82) is 0 Å². The molecule has 192 valence electrons. The van der Waals surface area contributed by atoms with Gasteiger partial charge in [-0.1, -0.05) is 30.9 Å². The number of ether oxygens (including phenoxy) is 1. The first-order chi connectivity index (χ1) is 16.7. The fourth-order valence-electron chi connectivity index (χ4n) is 4.77. The van der Waals surface area contributed by atoms with Crippen LogP contribution in [-0.4, -0.2) is 48.7 Å². The molecule has 2 heterocycles. The maximum atomic E-state index is 12.7. The van der Waals surface area contributed by atoms with E-state index in [0.29, 0.717) is 35.2 Å². The number of carbonyl (C=O) groups is 1. The van der Waals surface area contributed by atoms with Crippen molar-refractivity contribution in [2.45, 2.75) is 72.0 Å². The van der Waals surface area contributed by atoms with E-state index in [1.807, 2.05) is 25.3 Å². The molecular formula is C27H39ClN4O3. The largest absolute Gasteiger partial charge is 0.477 e. The van der Waals surface area contributed by atoms with Crippen molar-refractivity contribution in [3.8, 4) is 5.88 Å². The fourth-order valence-corrected chi connectivity index (χ4v) is 4.99. The molecule has 4 rings (SSSR count). The van der Waals surface area contributed by atoms with E-state index >= 15 is 0 Å². The van der Waals surface area contributed by atoms with E-state index in [1.54, 1.807) is 18.2 Å². The van der Waals surface area contributed by atoms with Gasteiger partial charge in [-0.2, -0.15) is 0 Å². The Hall–Kier alpha value is -2.51. The summed E-state index contributed by atoms with van der Waals surface area (Å²) in [6.07, 6.45) is 7.20. The molecule has 2 N–H and O–H groups in total. The highest BCUT2D eigenvalue weighted by Crippen LogP contribution is 2.26. The molecule has 0 atom stereocenters. The maximum Gasteiger partial charge on any atom is 0.251 e. The quantitative estimate of drug-likeness (QED) is 0.596. The van der Waals surface area contributed by atoms with Crippen LogP contribution in [0.25, 0.3) is 0 Å². The minimum Gasteiger partial charge on any atom is -0.477 e. The van der Waals surface area contributed by atoms with Crippen LogP contribution in [0, 0.1) is 13.8 Å². The van der Waals surface area contributed by atoms with Gasteiger partial charge in [-0.05, 0) is 65.4 Å². The summed E-state index contributed by atoms with van der Waals surface area (Å²) in [5.41, 5.74) is 3.32. The average Bonchev–Trinajstić information content (AvgIpc) is 3.32. The van der Waals surface area contributed by atoms with Crippen LogP contribution in [0.3, 0.4) is 0 Å². The lowest BCUT2D eigenvalue weighted by Crippen LogP contribution is -2.29. The van der Waals surface area contributed by atoms with E-state index in [-0.39, 0.29) is 17.9 Å². The lowest BCUT2D eigenvalue weighted by molar-refractivity contribution is 0.0950. The molecule has 2 aliphatic rings. The second-order valence-corrected chi connectivity index (χ2v) is 9.96. The second-order valence-electron chi connectivity index (χ2n) is 9.53. The number of nitrogens with one attached hydrogen (secondary N) is 2. The summed E-state index contributed by atoms with van der Waals surface area (Å²) >= 11 is 6.14. The number of hydrogen-bond donors (Lipinski definition) is 2. The number of pyridine rings is 1. The zero-order valence-electron chi connectivity index (χ0n) is 21.7. The van der Waals surface area contributed by atoms with Crippen LogP contribution < -0.4 is 20.8 Å². The third-order valence-electron chi connectivity index (χ3n) is 6.84. The van der Waals surface area contributed by atoms with E-state index in [4.69, 9.17) is 16.3 Å². The highest BCUT2D eigenvalue weighted by Gasteiger charge is 2.21. The summed E-state index contributed by atoms with van der Waals surface area (Å²) < 4.78 is 7.56. The van der Waals surface area contributed by atoms with Crippen LogP contribution in [0.5, 0.6) is 5.88 Å². The Morgan fingerprint density at radius 1 is 1.17 bits per heavy atom. The van der Waals surface area contributed by atoms with Crippen molar-refractivity contribution in [3.05, 3.63) is 55.8 Å². The number of fused-ring (bicyclic) bond motifs is 1. The van der Waals surface area contributed by atoms with Gasteiger partial charge in [0, 0.05) is 40.6 Å². The van der Waals surface area contributed by atoms with Crippen LogP contribution in [0.15, 0.2) is 23.0 Å². The molecule has 8 heteroatoms. The number of halogens is 1. The number of aromatic nitrogens is 1. The number of amides is 1. The molecule has 1 fully saturated rings. The van der Waals surface area contributed by atoms with Gasteiger partial charge < -0.3 is 24.8 Å². The molecule has 0 bridgehead atoms. The molecule has 35 heavy (non-hydrogen) atoms. The average molecular weight is 503 g/mol. The summed E-state index contributed by atoms with van der Waals surface area (Å²) in [5.74, 6) is 0.271. The van der Waals surface area contributed by atoms with Gasteiger partial charge in [0.15, 0.2) is 5.43 Å². The number of carbonyl (C=O) groups excluding carboxylic acids is 1. The van der Waals surface area contributed by atoms with Crippen molar-refractivity contribution in [2.24, 2.45) is 0 Å². The Morgan fingerprint density at radius 3 is 2.51 bits per heavy atom. The highest BCUT2D eigenvalue weighted by molar-refractivity contribution is 6.31. The molecule has 1 saturated carbocycles. The summed E-state index contributed by atoms with van der Waals surface area (Å²) in [6, 6.07) is 5.90. The third-order valence-corrected chi connectivity index (χ3v) is 7.05. The van der Waals surface area contributed by atoms with Crippen LogP contribution in [0.1, 0.15) is 66.2 Å². The molecule has 0 saturated heterocycles. The zero-order valence-corrected chi connectivity index (χ0v) is 22.4. The van der Waals surface area contributed by atoms with Gasteiger partial charge in [-0.3, -0.25) is 9.59 Å². The number of benzene rings is 1.